The molecule has 1 saturated heterocycles. The van der Waals surface area contributed by atoms with Crippen molar-refractivity contribution >= 4 is 11.9 Å². The van der Waals surface area contributed by atoms with Crippen LogP contribution >= 0.6 is 0 Å². The molecule has 1 saturated carbocycles. The van der Waals surface area contributed by atoms with E-state index in [1.807, 2.05) is 25.7 Å². The number of ketones is 1. The summed E-state index contributed by atoms with van der Waals surface area (Å²) in [5.74, 6) is 0.896. The molecule has 0 N–H and O–H groups in total. The predicted molar refractivity (Wildman–Crippen MR) is 72.9 cm³/mol. The molecule has 0 aromatic rings. The fourth-order valence-electron chi connectivity index (χ4n) is 3.10. The summed E-state index contributed by atoms with van der Waals surface area (Å²) in [6.45, 7) is 8.93. The highest BCUT2D eigenvalue weighted by Crippen LogP contribution is 2.60. The molecule has 2 fully saturated rings. The second-order valence-corrected chi connectivity index (χ2v) is 7.16. The number of hydrogen-bond acceptors (Lipinski definition) is 3. The lowest BCUT2D eigenvalue weighted by Gasteiger charge is -2.24. The molecule has 2 aliphatic rings. The first-order chi connectivity index (χ1) is 8.72. The Kier molecular flexibility index (Phi) is 3.63. The van der Waals surface area contributed by atoms with Crippen LogP contribution in [-0.2, 0) is 9.53 Å². The zero-order chi connectivity index (χ0) is 14.3. The van der Waals surface area contributed by atoms with E-state index >= 15 is 0 Å². The van der Waals surface area contributed by atoms with Crippen LogP contribution in [0, 0.1) is 11.3 Å². The summed E-state index contributed by atoms with van der Waals surface area (Å²) in [7, 11) is 0. The van der Waals surface area contributed by atoms with Crippen LogP contribution in [0.5, 0.6) is 0 Å². The molecule has 1 aliphatic carbocycles. The summed E-state index contributed by atoms with van der Waals surface area (Å²) >= 11 is 0. The van der Waals surface area contributed by atoms with Crippen molar-refractivity contribution in [1.82, 2.24) is 4.90 Å². The fraction of sp³-hybridized carbons (Fsp3) is 0.867. The van der Waals surface area contributed by atoms with Crippen LogP contribution < -0.4 is 0 Å². The monoisotopic (exact) mass is 267 g/mol. The summed E-state index contributed by atoms with van der Waals surface area (Å²) < 4.78 is 5.41. The lowest BCUT2D eigenvalue weighted by Crippen LogP contribution is -2.35. The van der Waals surface area contributed by atoms with Crippen molar-refractivity contribution in [2.75, 3.05) is 13.1 Å². The van der Waals surface area contributed by atoms with Gasteiger partial charge in [0.1, 0.15) is 11.4 Å². The Morgan fingerprint density at radius 3 is 2.63 bits per heavy atom. The van der Waals surface area contributed by atoms with E-state index in [9.17, 15) is 9.59 Å². The molecule has 1 spiro atoms. The highest BCUT2D eigenvalue weighted by Gasteiger charge is 2.57. The highest BCUT2D eigenvalue weighted by molar-refractivity contribution is 5.75. The van der Waals surface area contributed by atoms with Crippen molar-refractivity contribution in [1.29, 1.82) is 0 Å². The topological polar surface area (TPSA) is 46.6 Å². The van der Waals surface area contributed by atoms with Gasteiger partial charge < -0.3 is 14.4 Å². The van der Waals surface area contributed by atoms with E-state index in [4.69, 9.17) is 4.74 Å². The van der Waals surface area contributed by atoms with Gasteiger partial charge in [-0.2, -0.15) is 0 Å². The lowest BCUT2D eigenvalue weighted by molar-refractivity contribution is -0.117. The highest BCUT2D eigenvalue weighted by atomic mass is 16.6. The summed E-state index contributed by atoms with van der Waals surface area (Å²) in [6.07, 6.45) is 3.70. The number of ether oxygens (including phenoxy) is 1. The van der Waals surface area contributed by atoms with Crippen LogP contribution in [0.1, 0.15) is 53.4 Å². The van der Waals surface area contributed by atoms with E-state index in [0.29, 0.717) is 17.8 Å². The van der Waals surface area contributed by atoms with E-state index in [2.05, 4.69) is 0 Å². The van der Waals surface area contributed by atoms with Gasteiger partial charge in [0.05, 0.1) is 0 Å². The SMILES string of the molecule is CC(=O)CCC1CC12CCN(C(=O)OC(C)(C)C)C2. The van der Waals surface area contributed by atoms with Crippen LogP contribution in [0.3, 0.4) is 0 Å². The van der Waals surface area contributed by atoms with Crippen LogP contribution in [0.2, 0.25) is 0 Å². The van der Waals surface area contributed by atoms with Gasteiger partial charge in [-0.1, -0.05) is 0 Å². The first-order valence-electron chi connectivity index (χ1n) is 7.19. The van der Waals surface area contributed by atoms with Crippen molar-refractivity contribution in [2.45, 2.75) is 59.0 Å². The van der Waals surface area contributed by atoms with Gasteiger partial charge in [0.2, 0.25) is 0 Å². The van der Waals surface area contributed by atoms with E-state index in [-0.39, 0.29) is 11.9 Å². The molecule has 0 aromatic carbocycles. The number of nitrogens with zero attached hydrogens (tertiary/aromatic N) is 1. The number of Topliss-reactive ketones (excluding diaryl/α,β-unsaturated/α-hetero) is 1. The van der Waals surface area contributed by atoms with Crippen molar-refractivity contribution in [3.8, 4) is 0 Å². The maximum Gasteiger partial charge on any atom is 0.410 e. The third kappa shape index (κ3) is 3.48. The Hall–Kier alpha value is -1.06. The molecule has 2 unspecified atom stereocenters. The van der Waals surface area contributed by atoms with E-state index in [1.165, 1.54) is 6.42 Å². The van der Waals surface area contributed by atoms with Crippen LogP contribution in [-0.4, -0.2) is 35.5 Å². The number of carbonyl (C=O) groups excluding carboxylic acids is 2. The summed E-state index contributed by atoms with van der Waals surface area (Å²) in [6, 6.07) is 0. The molecular weight excluding hydrogens is 242 g/mol. The molecule has 2 atom stereocenters. The van der Waals surface area contributed by atoms with Gasteiger partial charge in [-0.15, -0.1) is 0 Å². The minimum atomic E-state index is -0.426. The normalized spacial score (nSPS) is 29.7. The number of likely N-dealkylation sites (tertiary alicyclic amines) is 1. The lowest BCUT2D eigenvalue weighted by atomic mass is 10.00. The third-order valence-electron chi connectivity index (χ3n) is 4.24. The third-order valence-corrected chi connectivity index (χ3v) is 4.24. The largest absolute Gasteiger partial charge is 0.444 e. The molecule has 0 radical (unpaired) electrons. The fourth-order valence-corrected chi connectivity index (χ4v) is 3.10. The van der Waals surface area contributed by atoms with Crippen LogP contribution in [0.25, 0.3) is 0 Å². The second-order valence-electron chi connectivity index (χ2n) is 7.16. The first-order valence-corrected chi connectivity index (χ1v) is 7.19. The predicted octanol–water partition coefficient (Wildman–Crippen LogP) is 3.00. The summed E-state index contributed by atoms with van der Waals surface area (Å²) in [4.78, 5) is 24.9. The maximum atomic E-state index is 12.0. The van der Waals surface area contributed by atoms with Crippen LogP contribution in [0.15, 0.2) is 0 Å². The van der Waals surface area contributed by atoms with Crippen molar-refractivity contribution < 1.29 is 14.3 Å². The summed E-state index contributed by atoms with van der Waals surface area (Å²) in [5.41, 5.74) is -0.128. The molecule has 1 heterocycles. The smallest absolute Gasteiger partial charge is 0.410 e. The standard InChI is InChI=1S/C15H25NO3/c1-11(17)5-6-12-9-15(12)7-8-16(10-15)13(18)19-14(2,3)4/h12H,5-10H2,1-4H3. The van der Waals surface area contributed by atoms with E-state index in [1.54, 1.807) is 6.92 Å². The Morgan fingerprint density at radius 1 is 1.37 bits per heavy atom. The average molecular weight is 267 g/mol. The number of rotatable bonds is 3. The average Bonchev–Trinajstić information content (AvgIpc) is 2.71. The van der Waals surface area contributed by atoms with Gasteiger partial charge in [-0.25, -0.2) is 4.79 Å². The number of amides is 1. The van der Waals surface area contributed by atoms with Gasteiger partial charge in [-0.3, -0.25) is 0 Å². The van der Waals surface area contributed by atoms with Gasteiger partial charge in [0.25, 0.3) is 0 Å². The quantitative estimate of drug-likeness (QED) is 0.789. The first kappa shape index (κ1) is 14.4. The second kappa shape index (κ2) is 4.80. The number of hydrogen-bond donors (Lipinski definition) is 0. The molecule has 2 rings (SSSR count). The molecule has 19 heavy (non-hydrogen) atoms. The Balaban J connectivity index is 1.81. The molecule has 4 heteroatoms. The van der Waals surface area contributed by atoms with Gasteiger partial charge in [0, 0.05) is 19.5 Å². The van der Waals surface area contributed by atoms with E-state index < -0.39 is 5.60 Å². The van der Waals surface area contributed by atoms with Crippen molar-refractivity contribution in [2.24, 2.45) is 11.3 Å². The molecule has 0 bridgehead atoms. The maximum absolute atomic E-state index is 12.0. The van der Waals surface area contributed by atoms with E-state index in [0.717, 1.165) is 25.9 Å². The molecule has 0 aromatic heterocycles. The number of carbonyl (C=O) groups is 2. The zero-order valence-corrected chi connectivity index (χ0v) is 12.5. The minimum absolute atomic E-state index is 0.193. The molecule has 1 aliphatic heterocycles. The van der Waals surface area contributed by atoms with Gasteiger partial charge in [-0.05, 0) is 58.3 Å². The molecule has 108 valence electrons. The van der Waals surface area contributed by atoms with Gasteiger partial charge >= 0.3 is 6.09 Å². The zero-order valence-electron chi connectivity index (χ0n) is 12.5. The van der Waals surface area contributed by atoms with Crippen molar-refractivity contribution in [3.63, 3.8) is 0 Å². The van der Waals surface area contributed by atoms with Crippen molar-refractivity contribution in [3.05, 3.63) is 0 Å². The Morgan fingerprint density at radius 2 is 2.05 bits per heavy atom. The molecule has 1 amide bonds. The molecular formula is C15H25NO3. The van der Waals surface area contributed by atoms with Gasteiger partial charge in [0.15, 0.2) is 0 Å². The summed E-state index contributed by atoms with van der Waals surface area (Å²) in [5, 5.41) is 0. The molecule has 4 nitrogen and oxygen atoms in total. The Bertz CT molecular complexity index is 385. The minimum Gasteiger partial charge on any atom is -0.444 e. The Labute approximate surface area is 115 Å². The van der Waals surface area contributed by atoms with Crippen LogP contribution in [0.4, 0.5) is 4.79 Å².